The summed E-state index contributed by atoms with van der Waals surface area (Å²) in [5.74, 6) is 0.602. The van der Waals surface area contributed by atoms with Gasteiger partial charge in [0.15, 0.2) is 11.2 Å². The van der Waals surface area contributed by atoms with Crippen LogP contribution in [0.3, 0.4) is 0 Å². The van der Waals surface area contributed by atoms with E-state index in [1.165, 1.54) is 11.6 Å². The molecular formula is C21H19BrN4O3. The molecule has 0 bridgehead atoms. The zero-order chi connectivity index (χ0) is 20.7. The number of aryl methyl sites for hydroxylation is 2. The van der Waals surface area contributed by atoms with Gasteiger partial charge in [0, 0.05) is 18.6 Å². The number of aromatic nitrogens is 4. The van der Waals surface area contributed by atoms with Gasteiger partial charge in [-0.2, -0.15) is 4.98 Å². The average Bonchev–Trinajstić information content (AvgIpc) is 3.06. The predicted octanol–water partition coefficient (Wildman–Crippen LogP) is 3.35. The van der Waals surface area contributed by atoms with E-state index in [0.717, 1.165) is 20.2 Å². The Morgan fingerprint density at radius 1 is 0.966 bits per heavy atom. The molecule has 2 heterocycles. The zero-order valence-corrected chi connectivity index (χ0v) is 17.8. The smallest absolute Gasteiger partial charge is 0.332 e. The Morgan fingerprint density at radius 2 is 1.62 bits per heavy atom. The maximum atomic E-state index is 12.9. The minimum Gasteiger partial charge on any atom is -0.425 e. The first-order valence-corrected chi connectivity index (χ1v) is 9.79. The fraction of sp³-hybridized carbons (Fsp3) is 0.190. The van der Waals surface area contributed by atoms with E-state index in [4.69, 9.17) is 4.74 Å². The molecule has 8 heteroatoms. The molecule has 0 spiro atoms. The second-order valence-corrected chi connectivity index (χ2v) is 7.82. The largest absolute Gasteiger partial charge is 0.425 e. The van der Waals surface area contributed by atoms with Crippen molar-refractivity contribution in [2.45, 2.75) is 13.5 Å². The Balaban J connectivity index is 1.93. The van der Waals surface area contributed by atoms with Gasteiger partial charge in [-0.25, -0.2) is 4.79 Å². The number of hydrogen-bond acceptors (Lipinski definition) is 4. The van der Waals surface area contributed by atoms with Crippen LogP contribution < -0.4 is 16.0 Å². The number of hydrogen-bond donors (Lipinski definition) is 0. The molecule has 0 radical (unpaired) electrons. The van der Waals surface area contributed by atoms with Gasteiger partial charge in [-0.15, -0.1) is 0 Å². The van der Waals surface area contributed by atoms with Crippen molar-refractivity contribution in [2.24, 2.45) is 14.1 Å². The molecular weight excluding hydrogens is 436 g/mol. The lowest BCUT2D eigenvalue weighted by atomic mass is 10.2. The third-order valence-corrected chi connectivity index (χ3v) is 5.33. The van der Waals surface area contributed by atoms with Crippen molar-refractivity contribution in [1.82, 2.24) is 18.7 Å². The number of imidazole rings is 1. The van der Waals surface area contributed by atoms with E-state index in [1.54, 1.807) is 11.6 Å². The van der Waals surface area contributed by atoms with Gasteiger partial charge < -0.3 is 4.74 Å². The molecule has 0 aliphatic rings. The number of fused-ring (bicyclic) bond motifs is 1. The summed E-state index contributed by atoms with van der Waals surface area (Å²) in [5, 5.41) is 0. The third-order valence-electron chi connectivity index (χ3n) is 4.80. The van der Waals surface area contributed by atoms with Crippen molar-refractivity contribution in [2.75, 3.05) is 0 Å². The first kappa shape index (κ1) is 19.2. The molecule has 2 aromatic heterocycles. The Labute approximate surface area is 174 Å². The molecule has 0 saturated carbocycles. The number of rotatable bonds is 4. The second kappa shape index (κ2) is 7.36. The van der Waals surface area contributed by atoms with Crippen LogP contribution in [-0.2, 0) is 20.6 Å². The molecule has 148 valence electrons. The van der Waals surface area contributed by atoms with Gasteiger partial charge in [0.25, 0.3) is 5.56 Å². The zero-order valence-electron chi connectivity index (χ0n) is 16.2. The Kier molecular flexibility index (Phi) is 4.87. The second-order valence-electron chi connectivity index (χ2n) is 6.90. The summed E-state index contributed by atoms with van der Waals surface area (Å²) in [4.78, 5) is 29.7. The molecule has 0 unspecified atom stereocenters. The minimum absolute atomic E-state index is 0.255. The van der Waals surface area contributed by atoms with Crippen molar-refractivity contribution in [3.8, 4) is 11.8 Å². The van der Waals surface area contributed by atoms with Crippen LogP contribution in [0.5, 0.6) is 11.8 Å². The van der Waals surface area contributed by atoms with Gasteiger partial charge in [-0.3, -0.25) is 18.5 Å². The summed E-state index contributed by atoms with van der Waals surface area (Å²) < 4.78 is 11.1. The minimum atomic E-state index is -0.433. The number of nitrogens with zero attached hydrogens (tertiary/aromatic N) is 4. The highest BCUT2D eigenvalue weighted by atomic mass is 79.9. The van der Waals surface area contributed by atoms with Crippen molar-refractivity contribution >= 4 is 27.1 Å². The summed E-state index contributed by atoms with van der Waals surface area (Å²) in [6, 6.07) is 15.6. The molecule has 7 nitrogen and oxygen atoms in total. The van der Waals surface area contributed by atoms with E-state index >= 15 is 0 Å². The van der Waals surface area contributed by atoms with Crippen LogP contribution in [-0.4, -0.2) is 18.7 Å². The molecule has 4 rings (SSSR count). The maximum absolute atomic E-state index is 12.9. The van der Waals surface area contributed by atoms with E-state index in [9.17, 15) is 9.59 Å². The van der Waals surface area contributed by atoms with Gasteiger partial charge in [-0.1, -0.05) is 45.8 Å². The van der Waals surface area contributed by atoms with E-state index in [0.29, 0.717) is 17.8 Å². The molecule has 0 atom stereocenters. The summed E-state index contributed by atoms with van der Waals surface area (Å²) >= 11 is 3.43. The molecule has 29 heavy (non-hydrogen) atoms. The molecule has 0 fully saturated rings. The molecule has 0 N–H and O–H groups in total. The van der Waals surface area contributed by atoms with Gasteiger partial charge >= 0.3 is 11.7 Å². The molecule has 2 aromatic carbocycles. The number of benzene rings is 2. The summed E-state index contributed by atoms with van der Waals surface area (Å²) in [6.07, 6.45) is 0. The van der Waals surface area contributed by atoms with Crippen molar-refractivity contribution in [1.29, 1.82) is 0 Å². The summed E-state index contributed by atoms with van der Waals surface area (Å²) in [7, 11) is 3.05. The molecule has 0 amide bonds. The normalized spacial score (nSPS) is 11.2. The van der Waals surface area contributed by atoms with Crippen LogP contribution in [0.15, 0.2) is 62.6 Å². The SMILES string of the molecule is Cc1ccc(Oc2nc3c(c(=O)n(C)c(=O)n3C)n2Cc2ccc(Br)cc2)cc1. The van der Waals surface area contributed by atoms with Crippen molar-refractivity contribution in [3.05, 3.63) is 85.0 Å². The molecule has 4 aromatic rings. The van der Waals surface area contributed by atoms with Crippen LogP contribution in [0.25, 0.3) is 11.2 Å². The van der Waals surface area contributed by atoms with Gasteiger partial charge in [0.2, 0.25) is 0 Å². The van der Waals surface area contributed by atoms with E-state index in [1.807, 2.05) is 55.5 Å². The Hall–Kier alpha value is -3.13. The Bertz CT molecular complexity index is 1320. The van der Waals surface area contributed by atoms with E-state index < -0.39 is 11.2 Å². The van der Waals surface area contributed by atoms with Gasteiger partial charge in [-0.05, 0) is 36.8 Å². The van der Waals surface area contributed by atoms with Gasteiger partial charge in [0.05, 0.1) is 6.54 Å². The highest BCUT2D eigenvalue weighted by Crippen LogP contribution is 2.25. The van der Waals surface area contributed by atoms with Crippen LogP contribution >= 0.6 is 15.9 Å². The third kappa shape index (κ3) is 3.51. The quantitative estimate of drug-likeness (QED) is 0.473. The first-order valence-electron chi connectivity index (χ1n) is 9.00. The molecule has 0 aliphatic carbocycles. The lowest BCUT2D eigenvalue weighted by Gasteiger charge is -2.10. The standard InChI is InChI=1S/C21H19BrN4O3/c1-13-4-10-16(11-5-13)29-20-23-18-17(19(27)25(3)21(28)24(18)2)26(20)12-14-6-8-15(22)9-7-14/h4-11H,12H2,1-3H3. The fourth-order valence-corrected chi connectivity index (χ4v) is 3.40. The fourth-order valence-electron chi connectivity index (χ4n) is 3.14. The summed E-state index contributed by atoms with van der Waals surface area (Å²) in [6.45, 7) is 2.37. The van der Waals surface area contributed by atoms with Crippen LogP contribution in [0.2, 0.25) is 0 Å². The number of halogens is 1. The highest BCUT2D eigenvalue weighted by Gasteiger charge is 2.20. The predicted molar refractivity (Wildman–Crippen MR) is 115 cm³/mol. The Morgan fingerprint density at radius 3 is 2.28 bits per heavy atom. The van der Waals surface area contributed by atoms with Crippen LogP contribution in [0, 0.1) is 6.92 Å². The topological polar surface area (TPSA) is 71.1 Å². The number of ether oxygens (including phenoxy) is 1. The van der Waals surface area contributed by atoms with E-state index in [-0.39, 0.29) is 11.7 Å². The van der Waals surface area contributed by atoms with Crippen molar-refractivity contribution in [3.63, 3.8) is 0 Å². The monoisotopic (exact) mass is 454 g/mol. The van der Waals surface area contributed by atoms with E-state index in [2.05, 4.69) is 20.9 Å². The van der Waals surface area contributed by atoms with Crippen molar-refractivity contribution < 1.29 is 4.74 Å². The maximum Gasteiger partial charge on any atom is 0.332 e. The average molecular weight is 455 g/mol. The molecule has 0 aliphatic heterocycles. The lowest BCUT2D eigenvalue weighted by molar-refractivity contribution is 0.421. The highest BCUT2D eigenvalue weighted by molar-refractivity contribution is 9.10. The molecule has 0 saturated heterocycles. The van der Waals surface area contributed by atoms with Gasteiger partial charge in [0.1, 0.15) is 5.75 Å². The first-order chi connectivity index (χ1) is 13.8. The lowest BCUT2D eigenvalue weighted by Crippen LogP contribution is -2.37. The van der Waals surface area contributed by atoms with Crippen LogP contribution in [0.4, 0.5) is 0 Å². The summed E-state index contributed by atoms with van der Waals surface area (Å²) in [5.41, 5.74) is 1.84. The van der Waals surface area contributed by atoms with Crippen LogP contribution in [0.1, 0.15) is 11.1 Å².